The van der Waals surface area contributed by atoms with Gasteiger partial charge in [-0.3, -0.25) is 0 Å². The minimum absolute atomic E-state index is 0.312. The Morgan fingerprint density at radius 2 is 2.21 bits per heavy atom. The van der Waals surface area contributed by atoms with E-state index in [1.54, 1.807) is 0 Å². The first-order valence-electron chi connectivity index (χ1n) is 5.25. The van der Waals surface area contributed by atoms with Crippen molar-refractivity contribution in [2.24, 2.45) is 5.92 Å². The summed E-state index contributed by atoms with van der Waals surface area (Å²) in [7, 11) is 0. The Bertz CT molecular complexity index is 337. The molecule has 2 saturated carbocycles. The van der Waals surface area contributed by atoms with Gasteiger partial charge >= 0.3 is 0 Å². The SMILES string of the molecule is Nc1nc(NC2(C3CCC3)CC2)n[nH]1. The van der Waals surface area contributed by atoms with E-state index in [4.69, 9.17) is 5.73 Å². The van der Waals surface area contributed by atoms with Crippen LogP contribution in [0.25, 0.3) is 0 Å². The van der Waals surface area contributed by atoms with Gasteiger partial charge in [0.05, 0.1) is 0 Å². The van der Waals surface area contributed by atoms with Gasteiger partial charge < -0.3 is 11.1 Å². The van der Waals surface area contributed by atoms with Crippen LogP contribution in [0.4, 0.5) is 11.9 Å². The molecule has 0 amide bonds. The second-order valence-electron chi connectivity index (χ2n) is 4.45. The molecule has 0 unspecified atom stereocenters. The largest absolute Gasteiger partial charge is 0.368 e. The van der Waals surface area contributed by atoms with Crippen LogP contribution in [0.3, 0.4) is 0 Å². The molecule has 3 rings (SSSR count). The highest BCUT2D eigenvalue weighted by Crippen LogP contribution is 2.52. The number of hydrogen-bond acceptors (Lipinski definition) is 4. The fraction of sp³-hybridized carbons (Fsp3) is 0.778. The molecule has 0 saturated heterocycles. The van der Waals surface area contributed by atoms with Gasteiger partial charge in [0, 0.05) is 5.54 Å². The Morgan fingerprint density at radius 1 is 1.43 bits per heavy atom. The molecular formula is C9H15N5. The zero-order chi connectivity index (χ0) is 9.60. The van der Waals surface area contributed by atoms with Crippen molar-refractivity contribution in [3.63, 3.8) is 0 Å². The molecule has 0 atom stereocenters. The molecule has 76 valence electrons. The Morgan fingerprint density at radius 3 is 2.64 bits per heavy atom. The van der Waals surface area contributed by atoms with Crippen LogP contribution < -0.4 is 11.1 Å². The number of nitrogens with zero attached hydrogens (tertiary/aromatic N) is 2. The number of nitrogens with one attached hydrogen (secondary N) is 2. The second kappa shape index (κ2) is 2.62. The smallest absolute Gasteiger partial charge is 0.244 e. The molecule has 0 aliphatic heterocycles. The predicted octanol–water partition coefficient (Wildman–Crippen LogP) is 1.13. The lowest BCUT2D eigenvalue weighted by molar-refractivity contribution is 0.261. The molecule has 0 spiro atoms. The van der Waals surface area contributed by atoms with E-state index in [2.05, 4.69) is 20.5 Å². The Labute approximate surface area is 82.5 Å². The summed E-state index contributed by atoms with van der Waals surface area (Å²) < 4.78 is 0. The maximum Gasteiger partial charge on any atom is 0.244 e. The van der Waals surface area contributed by atoms with Crippen LogP contribution in [-0.4, -0.2) is 20.7 Å². The molecule has 2 fully saturated rings. The zero-order valence-electron chi connectivity index (χ0n) is 8.08. The highest BCUT2D eigenvalue weighted by atomic mass is 15.3. The molecular weight excluding hydrogens is 178 g/mol. The first-order valence-corrected chi connectivity index (χ1v) is 5.25. The van der Waals surface area contributed by atoms with Crippen molar-refractivity contribution < 1.29 is 0 Å². The zero-order valence-corrected chi connectivity index (χ0v) is 8.08. The van der Waals surface area contributed by atoms with E-state index in [-0.39, 0.29) is 0 Å². The van der Waals surface area contributed by atoms with Crippen molar-refractivity contribution >= 4 is 11.9 Å². The molecule has 0 aromatic carbocycles. The van der Waals surface area contributed by atoms with Crippen LogP contribution in [0.5, 0.6) is 0 Å². The van der Waals surface area contributed by atoms with E-state index >= 15 is 0 Å². The van der Waals surface area contributed by atoms with Crippen molar-refractivity contribution in [1.82, 2.24) is 15.2 Å². The summed E-state index contributed by atoms with van der Waals surface area (Å²) >= 11 is 0. The third-order valence-corrected chi connectivity index (χ3v) is 3.54. The number of aromatic amines is 1. The molecule has 1 aromatic heterocycles. The maximum atomic E-state index is 5.47. The van der Waals surface area contributed by atoms with Gasteiger partial charge in [-0.15, -0.1) is 5.10 Å². The fourth-order valence-electron chi connectivity index (χ4n) is 2.28. The summed E-state index contributed by atoms with van der Waals surface area (Å²) in [6, 6.07) is 0. The number of H-pyrrole nitrogens is 1. The molecule has 0 radical (unpaired) electrons. The second-order valence-corrected chi connectivity index (χ2v) is 4.45. The minimum atomic E-state index is 0.312. The topological polar surface area (TPSA) is 79.6 Å². The number of hydrogen-bond donors (Lipinski definition) is 3. The summed E-state index contributed by atoms with van der Waals surface area (Å²) in [4.78, 5) is 4.08. The molecule has 2 aliphatic carbocycles. The molecule has 5 heteroatoms. The fourth-order valence-corrected chi connectivity index (χ4v) is 2.28. The van der Waals surface area contributed by atoms with Crippen LogP contribution >= 0.6 is 0 Å². The highest BCUT2D eigenvalue weighted by Gasteiger charge is 2.51. The maximum absolute atomic E-state index is 5.47. The highest BCUT2D eigenvalue weighted by molar-refractivity contribution is 5.37. The summed E-state index contributed by atoms with van der Waals surface area (Å²) in [6.07, 6.45) is 6.60. The summed E-state index contributed by atoms with van der Waals surface area (Å²) in [5.41, 5.74) is 5.78. The number of nitrogen functional groups attached to an aromatic ring is 1. The summed E-state index contributed by atoms with van der Waals surface area (Å²) in [6.45, 7) is 0. The van der Waals surface area contributed by atoms with Gasteiger partial charge in [0.1, 0.15) is 0 Å². The van der Waals surface area contributed by atoms with E-state index in [1.165, 1.54) is 32.1 Å². The molecule has 0 bridgehead atoms. The van der Waals surface area contributed by atoms with E-state index in [9.17, 15) is 0 Å². The van der Waals surface area contributed by atoms with Gasteiger partial charge in [0.15, 0.2) is 0 Å². The molecule has 2 aliphatic rings. The third-order valence-electron chi connectivity index (χ3n) is 3.54. The van der Waals surface area contributed by atoms with Crippen LogP contribution in [0.1, 0.15) is 32.1 Å². The lowest BCUT2D eigenvalue weighted by Crippen LogP contribution is -2.36. The minimum Gasteiger partial charge on any atom is -0.368 e. The Hall–Kier alpha value is -1.26. The van der Waals surface area contributed by atoms with Gasteiger partial charge in [-0.2, -0.15) is 4.98 Å². The van der Waals surface area contributed by atoms with Crippen molar-refractivity contribution in [2.75, 3.05) is 11.1 Å². The van der Waals surface area contributed by atoms with Crippen molar-refractivity contribution in [1.29, 1.82) is 0 Å². The summed E-state index contributed by atoms with van der Waals surface area (Å²) in [5, 5.41) is 10.1. The molecule has 4 N–H and O–H groups in total. The van der Waals surface area contributed by atoms with Gasteiger partial charge in [0.25, 0.3) is 0 Å². The number of nitrogens with two attached hydrogens (primary N) is 1. The monoisotopic (exact) mass is 193 g/mol. The standard InChI is InChI=1S/C9H15N5/c10-7-11-8(14-13-7)12-9(4-5-9)6-2-1-3-6/h6H,1-5H2,(H4,10,11,12,13,14). The van der Waals surface area contributed by atoms with Crippen molar-refractivity contribution in [2.45, 2.75) is 37.6 Å². The first-order chi connectivity index (χ1) is 6.78. The lowest BCUT2D eigenvalue weighted by atomic mass is 9.78. The number of rotatable bonds is 3. The quantitative estimate of drug-likeness (QED) is 0.672. The average molecular weight is 193 g/mol. The van der Waals surface area contributed by atoms with Crippen molar-refractivity contribution in [3.8, 4) is 0 Å². The van der Waals surface area contributed by atoms with Crippen LogP contribution in [-0.2, 0) is 0 Å². The first kappa shape index (κ1) is 8.08. The number of anilines is 2. The summed E-state index contributed by atoms with van der Waals surface area (Å²) in [5.74, 6) is 1.88. The predicted molar refractivity (Wildman–Crippen MR) is 53.7 cm³/mol. The van der Waals surface area contributed by atoms with Crippen LogP contribution in [0, 0.1) is 5.92 Å². The van der Waals surface area contributed by atoms with Crippen LogP contribution in [0.15, 0.2) is 0 Å². The molecule has 5 nitrogen and oxygen atoms in total. The Kier molecular flexibility index (Phi) is 1.51. The van der Waals surface area contributed by atoms with Crippen LogP contribution in [0.2, 0.25) is 0 Å². The number of aromatic nitrogens is 3. The van der Waals surface area contributed by atoms with E-state index in [1.807, 2.05) is 0 Å². The van der Waals surface area contributed by atoms with Gasteiger partial charge in [-0.25, -0.2) is 5.10 Å². The normalized spacial score (nSPS) is 24.3. The lowest BCUT2D eigenvalue weighted by Gasteiger charge is -2.34. The van der Waals surface area contributed by atoms with E-state index in [0.717, 1.165) is 5.92 Å². The molecule has 14 heavy (non-hydrogen) atoms. The van der Waals surface area contributed by atoms with Gasteiger partial charge in [-0.1, -0.05) is 6.42 Å². The van der Waals surface area contributed by atoms with E-state index in [0.29, 0.717) is 17.4 Å². The van der Waals surface area contributed by atoms with Crippen molar-refractivity contribution in [3.05, 3.63) is 0 Å². The average Bonchev–Trinajstić information content (AvgIpc) is 2.66. The van der Waals surface area contributed by atoms with Gasteiger partial charge in [-0.05, 0) is 31.6 Å². The molecule has 1 heterocycles. The molecule has 1 aromatic rings. The Balaban J connectivity index is 1.71. The third kappa shape index (κ3) is 1.15. The van der Waals surface area contributed by atoms with E-state index < -0.39 is 0 Å². The van der Waals surface area contributed by atoms with Gasteiger partial charge in [0.2, 0.25) is 11.9 Å².